The summed E-state index contributed by atoms with van der Waals surface area (Å²) in [6, 6.07) is 8.21. The molecule has 2 rings (SSSR count). The smallest absolute Gasteiger partial charge is 0.306 e. The number of hydrogen-bond acceptors (Lipinski definition) is 5. The minimum atomic E-state index is -0.617. The number of Topliss-reactive ketones (excluding diaryl/α,β-unsaturated/α-hetero) is 1. The lowest BCUT2D eigenvalue weighted by atomic mass is 10.2. The second-order valence-electron chi connectivity index (χ2n) is 5.17. The summed E-state index contributed by atoms with van der Waals surface area (Å²) in [5, 5.41) is 3.24. The number of benzene rings is 1. The maximum absolute atomic E-state index is 11.9. The molecule has 0 atom stereocenters. The van der Waals surface area contributed by atoms with Crippen LogP contribution < -0.4 is 5.32 Å². The summed E-state index contributed by atoms with van der Waals surface area (Å²) in [4.78, 5) is 37.0. The van der Waals surface area contributed by atoms with Crippen molar-refractivity contribution in [2.75, 3.05) is 11.9 Å². The van der Waals surface area contributed by atoms with E-state index in [9.17, 15) is 14.4 Å². The molecule has 0 aliphatic rings. The third kappa shape index (κ3) is 6.16. The molecule has 0 fully saturated rings. The van der Waals surface area contributed by atoms with E-state index in [-0.39, 0.29) is 18.6 Å². The van der Waals surface area contributed by atoms with Gasteiger partial charge < -0.3 is 10.1 Å². The van der Waals surface area contributed by atoms with Gasteiger partial charge in [0, 0.05) is 16.3 Å². The van der Waals surface area contributed by atoms with Crippen molar-refractivity contribution in [1.82, 2.24) is 0 Å². The number of amides is 1. The number of carbonyl (C=O) groups excluding carboxylic acids is 3. The molecule has 25 heavy (non-hydrogen) atoms. The van der Waals surface area contributed by atoms with E-state index in [1.165, 1.54) is 17.4 Å². The summed E-state index contributed by atoms with van der Waals surface area (Å²) in [6.45, 7) is 1.44. The summed E-state index contributed by atoms with van der Waals surface area (Å²) >= 11 is 13.1. The van der Waals surface area contributed by atoms with E-state index in [4.69, 9.17) is 27.9 Å². The highest BCUT2D eigenvalue weighted by molar-refractivity contribution is 7.14. The van der Waals surface area contributed by atoms with Gasteiger partial charge in [0.25, 0.3) is 5.91 Å². The molecule has 0 saturated heterocycles. The molecule has 8 heteroatoms. The van der Waals surface area contributed by atoms with E-state index in [0.717, 1.165) is 4.88 Å². The molecule has 1 aromatic carbocycles. The molecular weight excluding hydrogens is 385 g/mol. The van der Waals surface area contributed by atoms with Crippen molar-refractivity contribution in [2.24, 2.45) is 0 Å². The van der Waals surface area contributed by atoms with Gasteiger partial charge in [-0.05, 0) is 37.3 Å². The molecule has 1 N–H and O–H groups in total. The molecule has 0 saturated carbocycles. The molecule has 132 valence electrons. The lowest BCUT2D eigenvalue weighted by Gasteiger charge is -2.08. The van der Waals surface area contributed by atoms with Crippen LogP contribution in [0.5, 0.6) is 0 Å². The summed E-state index contributed by atoms with van der Waals surface area (Å²) in [7, 11) is 0. The summed E-state index contributed by atoms with van der Waals surface area (Å²) < 4.78 is 4.86. The van der Waals surface area contributed by atoms with Crippen LogP contribution in [0.4, 0.5) is 5.69 Å². The number of thiophene rings is 1. The van der Waals surface area contributed by atoms with E-state index in [0.29, 0.717) is 20.6 Å². The van der Waals surface area contributed by atoms with Gasteiger partial charge in [0.2, 0.25) is 0 Å². The molecule has 0 radical (unpaired) electrons. The zero-order valence-corrected chi connectivity index (χ0v) is 15.6. The minimum Gasteiger partial charge on any atom is -0.456 e. The number of ketones is 1. The Kier molecular flexibility index (Phi) is 6.99. The Bertz CT molecular complexity index is 804. The maximum atomic E-state index is 11.9. The van der Waals surface area contributed by atoms with Gasteiger partial charge in [-0.2, -0.15) is 0 Å². The molecular formula is C17H15Cl2NO4S. The predicted molar refractivity (Wildman–Crippen MR) is 98.7 cm³/mol. The van der Waals surface area contributed by atoms with E-state index in [2.05, 4.69) is 5.32 Å². The summed E-state index contributed by atoms with van der Waals surface area (Å²) in [5.74, 6) is -1.28. The van der Waals surface area contributed by atoms with Gasteiger partial charge in [0.05, 0.1) is 22.0 Å². The number of nitrogens with one attached hydrogen (secondary N) is 1. The fourth-order valence-electron chi connectivity index (χ4n) is 1.92. The Morgan fingerprint density at radius 3 is 2.56 bits per heavy atom. The van der Waals surface area contributed by atoms with Crippen LogP contribution in [0.3, 0.4) is 0 Å². The Labute approximate surface area is 158 Å². The third-order valence-electron chi connectivity index (χ3n) is 3.14. The maximum Gasteiger partial charge on any atom is 0.306 e. The van der Waals surface area contributed by atoms with Crippen molar-refractivity contribution in [2.45, 2.75) is 19.8 Å². The van der Waals surface area contributed by atoms with E-state index < -0.39 is 18.5 Å². The predicted octanol–water partition coefficient (Wildman–Crippen LogP) is 4.51. The van der Waals surface area contributed by atoms with Crippen molar-refractivity contribution in [3.05, 3.63) is 50.1 Å². The Balaban J connectivity index is 1.75. The number of aryl methyl sites for hydroxylation is 1. The molecule has 1 heterocycles. The number of anilines is 1. The van der Waals surface area contributed by atoms with E-state index >= 15 is 0 Å². The molecule has 0 spiro atoms. The topological polar surface area (TPSA) is 72.5 Å². The van der Waals surface area contributed by atoms with Gasteiger partial charge in [0.15, 0.2) is 12.4 Å². The highest BCUT2D eigenvalue weighted by Gasteiger charge is 2.14. The van der Waals surface area contributed by atoms with Crippen molar-refractivity contribution in [3.63, 3.8) is 0 Å². The molecule has 1 aromatic heterocycles. The SMILES string of the molecule is Cc1ccc(C(=O)CCC(=O)OCC(=O)Nc2cc(Cl)ccc2Cl)s1. The van der Waals surface area contributed by atoms with E-state index in [1.807, 2.05) is 13.0 Å². The zero-order chi connectivity index (χ0) is 18.4. The van der Waals surface area contributed by atoms with Crippen LogP contribution in [0.2, 0.25) is 10.0 Å². The Hall–Kier alpha value is -1.89. The molecule has 0 aliphatic carbocycles. The van der Waals surface area contributed by atoms with E-state index in [1.54, 1.807) is 18.2 Å². The first-order valence-corrected chi connectivity index (χ1v) is 8.92. The molecule has 2 aromatic rings. The zero-order valence-electron chi connectivity index (χ0n) is 13.3. The van der Waals surface area contributed by atoms with Crippen LogP contribution in [-0.2, 0) is 14.3 Å². The summed E-state index contributed by atoms with van der Waals surface area (Å²) in [5.41, 5.74) is 0.332. The standard InChI is InChI=1S/C17H15Cl2NO4S/c1-10-2-6-15(25-10)14(21)5-7-17(23)24-9-16(22)20-13-8-11(18)3-4-12(13)19/h2-4,6,8H,5,7,9H2,1H3,(H,20,22). The van der Waals surface area contributed by atoms with Crippen LogP contribution in [0, 0.1) is 6.92 Å². The van der Waals surface area contributed by atoms with Crippen molar-refractivity contribution in [3.8, 4) is 0 Å². The first-order chi connectivity index (χ1) is 11.8. The average molecular weight is 400 g/mol. The van der Waals surface area contributed by atoms with Gasteiger partial charge >= 0.3 is 5.97 Å². The number of ether oxygens (including phenoxy) is 1. The van der Waals surface area contributed by atoms with Gasteiger partial charge in [-0.25, -0.2) is 0 Å². The number of esters is 1. The first kappa shape index (κ1) is 19.4. The summed E-state index contributed by atoms with van der Waals surface area (Å²) in [6.07, 6.45) is -0.0402. The second kappa shape index (κ2) is 8.99. The Morgan fingerprint density at radius 1 is 1.12 bits per heavy atom. The van der Waals surface area contributed by atoms with Gasteiger partial charge in [-0.1, -0.05) is 23.2 Å². The highest BCUT2D eigenvalue weighted by atomic mass is 35.5. The second-order valence-corrected chi connectivity index (χ2v) is 7.30. The lowest BCUT2D eigenvalue weighted by Crippen LogP contribution is -2.21. The largest absolute Gasteiger partial charge is 0.456 e. The fraction of sp³-hybridized carbons (Fsp3) is 0.235. The lowest BCUT2D eigenvalue weighted by molar-refractivity contribution is -0.147. The normalized spacial score (nSPS) is 10.4. The third-order valence-corrected chi connectivity index (χ3v) is 4.74. The molecule has 0 aliphatic heterocycles. The fourth-order valence-corrected chi connectivity index (χ4v) is 3.09. The van der Waals surface area contributed by atoms with Crippen LogP contribution >= 0.6 is 34.5 Å². The van der Waals surface area contributed by atoms with Crippen LogP contribution in [0.15, 0.2) is 30.3 Å². The van der Waals surface area contributed by atoms with Crippen molar-refractivity contribution in [1.29, 1.82) is 0 Å². The van der Waals surface area contributed by atoms with Gasteiger partial charge in [-0.15, -0.1) is 11.3 Å². The van der Waals surface area contributed by atoms with Gasteiger partial charge in [-0.3, -0.25) is 14.4 Å². The minimum absolute atomic E-state index is 0.0422. The van der Waals surface area contributed by atoms with Crippen LogP contribution in [-0.4, -0.2) is 24.3 Å². The van der Waals surface area contributed by atoms with Crippen LogP contribution in [0.1, 0.15) is 27.4 Å². The highest BCUT2D eigenvalue weighted by Crippen LogP contribution is 2.25. The number of carbonyl (C=O) groups is 3. The van der Waals surface area contributed by atoms with Gasteiger partial charge in [0.1, 0.15) is 0 Å². The van der Waals surface area contributed by atoms with Crippen molar-refractivity contribution >= 4 is 57.9 Å². The first-order valence-electron chi connectivity index (χ1n) is 7.35. The average Bonchev–Trinajstić information content (AvgIpc) is 3.00. The number of rotatable bonds is 7. The molecule has 5 nitrogen and oxygen atoms in total. The van der Waals surface area contributed by atoms with Crippen molar-refractivity contribution < 1.29 is 19.1 Å². The molecule has 1 amide bonds. The number of hydrogen-bond donors (Lipinski definition) is 1. The molecule has 0 bridgehead atoms. The Morgan fingerprint density at radius 2 is 1.88 bits per heavy atom. The molecule has 0 unspecified atom stereocenters. The van der Waals surface area contributed by atoms with Crippen LogP contribution in [0.25, 0.3) is 0 Å². The number of halogens is 2. The quantitative estimate of drug-likeness (QED) is 0.548. The monoisotopic (exact) mass is 399 g/mol.